The van der Waals surface area contributed by atoms with Gasteiger partial charge in [0, 0.05) is 45.1 Å². The fourth-order valence-electron chi connectivity index (χ4n) is 2.14. The quantitative estimate of drug-likeness (QED) is 0.725. The number of amides is 2. The predicted octanol–water partition coefficient (Wildman–Crippen LogP) is -0.388. The highest BCUT2D eigenvalue weighted by Gasteiger charge is 2.33. The van der Waals surface area contributed by atoms with E-state index in [1.54, 1.807) is 4.90 Å². The smallest absolute Gasteiger partial charge is 0.225 e. The number of nitrogens with one attached hydrogen (secondary N) is 2. The van der Waals surface area contributed by atoms with Crippen LogP contribution in [0.5, 0.6) is 0 Å². The van der Waals surface area contributed by atoms with Crippen LogP contribution >= 0.6 is 12.4 Å². The molecule has 2 rings (SSSR count). The van der Waals surface area contributed by atoms with Gasteiger partial charge in [0.2, 0.25) is 11.8 Å². The molecule has 0 aromatic heterocycles. The van der Waals surface area contributed by atoms with E-state index >= 15 is 0 Å². The van der Waals surface area contributed by atoms with Crippen LogP contribution in [0, 0.1) is 11.8 Å². The molecule has 5 nitrogen and oxygen atoms in total. The average Bonchev–Trinajstić information content (AvgIpc) is 2.57. The molecule has 0 radical (unpaired) electrons. The Balaban J connectivity index is 0.00000144. The standard InChI is InChI=1S/C11H19N3O2.ClH/c1-2-14-7-9(3-10(14)15)11(16)13-6-8-4-12-5-8;/h8-9,12H,2-7H2,1H3,(H,13,16);1H. The molecule has 2 N–H and O–H groups in total. The van der Waals surface area contributed by atoms with Gasteiger partial charge in [0.1, 0.15) is 0 Å². The summed E-state index contributed by atoms with van der Waals surface area (Å²) in [6.45, 7) is 5.95. The molecular weight excluding hydrogens is 242 g/mol. The molecule has 2 aliphatic rings. The molecule has 0 spiro atoms. The van der Waals surface area contributed by atoms with Crippen molar-refractivity contribution in [3.05, 3.63) is 0 Å². The second kappa shape index (κ2) is 6.21. The minimum absolute atomic E-state index is 0. The first kappa shape index (κ1) is 14.3. The second-order valence-electron chi connectivity index (χ2n) is 4.60. The minimum Gasteiger partial charge on any atom is -0.355 e. The van der Waals surface area contributed by atoms with Gasteiger partial charge in [0.15, 0.2) is 0 Å². The summed E-state index contributed by atoms with van der Waals surface area (Å²) >= 11 is 0. The minimum atomic E-state index is -0.138. The number of carbonyl (C=O) groups excluding carboxylic acids is 2. The van der Waals surface area contributed by atoms with Crippen molar-refractivity contribution in [2.75, 3.05) is 32.7 Å². The molecule has 2 saturated heterocycles. The number of hydrogen-bond acceptors (Lipinski definition) is 3. The summed E-state index contributed by atoms with van der Waals surface area (Å²) in [6, 6.07) is 0. The number of rotatable bonds is 4. The first-order chi connectivity index (χ1) is 7.70. The topological polar surface area (TPSA) is 61.4 Å². The van der Waals surface area contributed by atoms with Gasteiger partial charge in [-0.3, -0.25) is 9.59 Å². The molecule has 0 aromatic carbocycles. The van der Waals surface area contributed by atoms with Crippen molar-refractivity contribution in [3.8, 4) is 0 Å². The van der Waals surface area contributed by atoms with Gasteiger partial charge in [-0.2, -0.15) is 0 Å². The molecule has 2 fully saturated rings. The summed E-state index contributed by atoms with van der Waals surface area (Å²) in [7, 11) is 0. The van der Waals surface area contributed by atoms with E-state index < -0.39 is 0 Å². The number of carbonyl (C=O) groups is 2. The SMILES string of the molecule is CCN1CC(C(=O)NCC2CNC2)CC1=O.Cl. The van der Waals surface area contributed by atoms with Crippen molar-refractivity contribution < 1.29 is 9.59 Å². The Hall–Kier alpha value is -0.810. The van der Waals surface area contributed by atoms with Crippen LogP contribution in [0.1, 0.15) is 13.3 Å². The number of nitrogens with zero attached hydrogens (tertiary/aromatic N) is 1. The fourth-order valence-corrected chi connectivity index (χ4v) is 2.14. The maximum Gasteiger partial charge on any atom is 0.225 e. The van der Waals surface area contributed by atoms with Crippen molar-refractivity contribution in [2.24, 2.45) is 11.8 Å². The van der Waals surface area contributed by atoms with Gasteiger partial charge in [-0.25, -0.2) is 0 Å². The molecule has 2 amide bonds. The Morgan fingerprint density at radius 1 is 1.53 bits per heavy atom. The third-order valence-corrected chi connectivity index (χ3v) is 3.40. The largest absolute Gasteiger partial charge is 0.355 e. The Labute approximate surface area is 108 Å². The summed E-state index contributed by atoms with van der Waals surface area (Å²) in [6.07, 6.45) is 0.378. The van der Waals surface area contributed by atoms with Crippen molar-refractivity contribution in [1.82, 2.24) is 15.5 Å². The first-order valence-corrected chi connectivity index (χ1v) is 5.97. The van der Waals surface area contributed by atoms with Crippen molar-refractivity contribution in [3.63, 3.8) is 0 Å². The van der Waals surface area contributed by atoms with E-state index in [0.717, 1.165) is 19.6 Å². The van der Waals surface area contributed by atoms with Gasteiger partial charge in [-0.05, 0) is 6.92 Å². The predicted molar refractivity (Wildman–Crippen MR) is 67.0 cm³/mol. The third-order valence-electron chi connectivity index (χ3n) is 3.40. The second-order valence-corrected chi connectivity index (χ2v) is 4.60. The molecule has 0 aliphatic carbocycles. The summed E-state index contributed by atoms with van der Waals surface area (Å²) in [5.41, 5.74) is 0. The monoisotopic (exact) mass is 261 g/mol. The van der Waals surface area contributed by atoms with E-state index in [1.165, 1.54) is 0 Å². The molecule has 1 atom stereocenters. The van der Waals surface area contributed by atoms with Gasteiger partial charge >= 0.3 is 0 Å². The molecule has 17 heavy (non-hydrogen) atoms. The number of likely N-dealkylation sites (tertiary alicyclic amines) is 1. The van der Waals surface area contributed by atoms with Crippen molar-refractivity contribution in [2.45, 2.75) is 13.3 Å². The number of hydrogen-bond donors (Lipinski definition) is 2. The zero-order chi connectivity index (χ0) is 11.5. The van der Waals surface area contributed by atoms with Crippen LogP contribution < -0.4 is 10.6 Å². The van der Waals surface area contributed by atoms with E-state index in [1.807, 2.05) is 6.92 Å². The Bertz CT molecular complexity index is 294. The lowest BCUT2D eigenvalue weighted by Crippen LogP contribution is -2.49. The van der Waals surface area contributed by atoms with Crippen molar-refractivity contribution >= 4 is 24.2 Å². The van der Waals surface area contributed by atoms with Gasteiger partial charge in [-0.15, -0.1) is 12.4 Å². The molecule has 0 aromatic rings. The van der Waals surface area contributed by atoms with Crippen molar-refractivity contribution in [1.29, 1.82) is 0 Å². The maximum atomic E-state index is 11.8. The fraction of sp³-hybridized carbons (Fsp3) is 0.818. The molecule has 0 saturated carbocycles. The van der Waals surface area contributed by atoms with Crippen LogP contribution in [0.3, 0.4) is 0 Å². The van der Waals surface area contributed by atoms with E-state index in [2.05, 4.69) is 10.6 Å². The Morgan fingerprint density at radius 3 is 2.71 bits per heavy atom. The zero-order valence-corrected chi connectivity index (χ0v) is 10.9. The average molecular weight is 262 g/mol. The van der Waals surface area contributed by atoms with Gasteiger partial charge in [-0.1, -0.05) is 0 Å². The van der Waals surface area contributed by atoms with Gasteiger partial charge in [0.25, 0.3) is 0 Å². The Morgan fingerprint density at radius 2 is 2.24 bits per heavy atom. The first-order valence-electron chi connectivity index (χ1n) is 5.97. The van der Waals surface area contributed by atoms with Crippen LogP contribution in [0.25, 0.3) is 0 Å². The molecule has 98 valence electrons. The van der Waals surface area contributed by atoms with Gasteiger partial charge in [0.05, 0.1) is 5.92 Å². The molecule has 1 unspecified atom stereocenters. The molecule has 0 bridgehead atoms. The molecule has 2 heterocycles. The summed E-state index contributed by atoms with van der Waals surface area (Å²) in [5.74, 6) is 0.577. The van der Waals surface area contributed by atoms with Crippen LogP contribution in [0.4, 0.5) is 0 Å². The maximum absolute atomic E-state index is 11.8. The lowest BCUT2D eigenvalue weighted by Gasteiger charge is -2.27. The summed E-state index contributed by atoms with van der Waals surface area (Å²) in [4.78, 5) is 25.0. The molecular formula is C11H20ClN3O2. The van der Waals surface area contributed by atoms with Crippen LogP contribution in [-0.2, 0) is 9.59 Å². The van der Waals surface area contributed by atoms with Crippen LogP contribution in [0.15, 0.2) is 0 Å². The highest BCUT2D eigenvalue weighted by atomic mass is 35.5. The van der Waals surface area contributed by atoms with E-state index in [0.29, 0.717) is 25.4 Å². The zero-order valence-electron chi connectivity index (χ0n) is 10.1. The lowest BCUT2D eigenvalue weighted by atomic mass is 10.0. The highest BCUT2D eigenvalue weighted by Crippen LogP contribution is 2.17. The van der Waals surface area contributed by atoms with Gasteiger partial charge < -0.3 is 15.5 Å². The Kier molecular flexibility index (Phi) is 5.21. The molecule has 6 heteroatoms. The molecule has 2 aliphatic heterocycles. The van der Waals surface area contributed by atoms with Crippen LogP contribution in [0.2, 0.25) is 0 Å². The lowest BCUT2D eigenvalue weighted by molar-refractivity contribution is -0.128. The summed E-state index contributed by atoms with van der Waals surface area (Å²) in [5, 5.41) is 6.10. The third kappa shape index (κ3) is 3.33. The van der Waals surface area contributed by atoms with E-state index in [4.69, 9.17) is 0 Å². The van der Waals surface area contributed by atoms with E-state index in [9.17, 15) is 9.59 Å². The summed E-state index contributed by atoms with van der Waals surface area (Å²) < 4.78 is 0. The number of halogens is 1. The highest BCUT2D eigenvalue weighted by molar-refractivity contribution is 5.89. The van der Waals surface area contributed by atoms with E-state index in [-0.39, 0.29) is 30.1 Å². The normalized spacial score (nSPS) is 24.2. The van der Waals surface area contributed by atoms with Crippen LogP contribution in [-0.4, -0.2) is 49.4 Å².